The predicted octanol–water partition coefficient (Wildman–Crippen LogP) is 4.97. The van der Waals surface area contributed by atoms with Crippen molar-refractivity contribution >= 4 is 16.7 Å². The van der Waals surface area contributed by atoms with Gasteiger partial charge in [-0.15, -0.1) is 0 Å². The zero-order chi connectivity index (χ0) is 23.5. The van der Waals surface area contributed by atoms with Crippen LogP contribution in [-0.2, 0) is 6.18 Å². The largest absolute Gasteiger partial charge is 0.494 e. The van der Waals surface area contributed by atoms with Crippen molar-refractivity contribution in [2.45, 2.75) is 13.1 Å². The lowest BCUT2D eigenvalue weighted by Crippen LogP contribution is -2.20. The number of rotatable bonds is 3. The second kappa shape index (κ2) is 7.19. The number of hydrogen-bond donors (Lipinski definition) is 1. The summed E-state index contributed by atoms with van der Waals surface area (Å²) in [6, 6.07) is 9.59. The summed E-state index contributed by atoms with van der Waals surface area (Å²) in [5.41, 5.74) is -2.15. The molecule has 11 heteroatoms. The SMILES string of the molecule is COc1cccc2oc(-c3c(C)[nH]c4c(-c5cccc(F)c5)c(C(F)(F)F)nn4c3=O)nc12. The highest BCUT2D eigenvalue weighted by Crippen LogP contribution is 2.39. The number of halogens is 4. The monoisotopic (exact) mass is 458 g/mol. The van der Waals surface area contributed by atoms with E-state index >= 15 is 0 Å². The van der Waals surface area contributed by atoms with Crippen LogP contribution in [0, 0.1) is 12.7 Å². The molecule has 7 nitrogen and oxygen atoms in total. The summed E-state index contributed by atoms with van der Waals surface area (Å²) in [6.07, 6.45) is -4.90. The molecular formula is C22H14F4N4O3. The summed E-state index contributed by atoms with van der Waals surface area (Å²) in [5.74, 6) is -0.424. The summed E-state index contributed by atoms with van der Waals surface area (Å²) < 4.78 is 66.8. The standard InChI is InChI=1S/C22H14F4N4O3/c1-10-15(20-28-17-13(32-2)7-4-8-14(17)33-20)21(31)30-19(27-10)16(18(29-30)22(24,25)26)11-5-3-6-12(23)9-11/h3-9,27H,1-2H3. The van der Waals surface area contributed by atoms with Gasteiger partial charge in [-0.25, -0.2) is 9.37 Å². The number of aromatic nitrogens is 4. The van der Waals surface area contributed by atoms with E-state index in [4.69, 9.17) is 9.15 Å². The predicted molar refractivity (Wildman–Crippen MR) is 111 cm³/mol. The van der Waals surface area contributed by atoms with Crippen LogP contribution in [0.25, 0.3) is 39.3 Å². The van der Waals surface area contributed by atoms with Gasteiger partial charge in [-0.3, -0.25) is 4.79 Å². The molecule has 3 aromatic heterocycles. The van der Waals surface area contributed by atoms with E-state index in [0.29, 0.717) is 21.4 Å². The summed E-state index contributed by atoms with van der Waals surface area (Å²) >= 11 is 0. The number of alkyl halides is 3. The summed E-state index contributed by atoms with van der Waals surface area (Å²) in [4.78, 5) is 20.4. The molecule has 1 N–H and O–H groups in total. The quantitative estimate of drug-likeness (QED) is 0.386. The minimum Gasteiger partial charge on any atom is -0.494 e. The molecule has 0 spiro atoms. The molecule has 0 radical (unpaired) electrons. The fraction of sp³-hybridized carbons (Fsp3) is 0.136. The van der Waals surface area contributed by atoms with Crippen LogP contribution < -0.4 is 10.3 Å². The lowest BCUT2D eigenvalue weighted by molar-refractivity contribution is -0.140. The minimum absolute atomic E-state index is 0.0771. The molecule has 5 aromatic rings. The first-order chi connectivity index (χ1) is 15.7. The molecule has 0 atom stereocenters. The van der Waals surface area contributed by atoms with Gasteiger partial charge < -0.3 is 14.1 Å². The van der Waals surface area contributed by atoms with Gasteiger partial charge in [0, 0.05) is 5.69 Å². The van der Waals surface area contributed by atoms with Crippen molar-refractivity contribution in [3.63, 3.8) is 0 Å². The van der Waals surface area contributed by atoms with Crippen LogP contribution in [-0.4, -0.2) is 26.7 Å². The lowest BCUT2D eigenvalue weighted by Gasteiger charge is -2.07. The van der Waals surface area contributed by atoms with Gasteiger partial charge in [-0.2, -0.15) is 22.8 Å². The molecule has 168 valence electrons. The molecule has 0 saturated heterocycles. The van der Waals surface area contributed by atoms with E-state index < -0.39 is 28.8 Å². The third-order valence-electron chi connectivity index (χ3n) is 5.17. The van der Waals surface area contributed by atoms with Crippen molar-refractivity contribution in [2.75, 3.05) is 7.11 Å². The molecule has 0 saturated carbocycles. The number of aryl methyl sites for hydroxylation is 1. The smallest absolute Gasteiger partial charge is 0.435 e. The highest BCUT2D eigenvalue weighted by atomic mass is 19.4. The summed E-state index contributed by atoms with van der Waals surface area (Å²) in [5, 5.41) is 3.54. The Morgan fingerprint density at radius 3 is 2.58 bits per heavy atom. The number of nitrogens with one attached hydrogen (secondary N) is 1. The summed E-state index contributed by atoms with van der Waals surface area (Å²) in [6.45, 7) is 1.50. The Labute approximate surface area is 182 Å². The molecule has 33 heavy (non-hydrogen) atoms. The Morgan fingerprint density at radius 2 is 1.88 bits per heavy atom. The normalized spacial score (nSPS) is 12.1. The van der Waals surface area contributed by atoms with E-state index in [9.17, 15) is 22.4 Å². The number of aromatic amines is 1. The zero-order valence-corrected chi connectivity index (χ0v) is 17.1. The van der Waals surface area contributed by atoms with Gasteiger partial charge in [0.25, 0.3) is 5.56 Å². The van der Waals surface area contributed by atoms with Gasteiger partial charge in [0.2, 0.25) is 5.89 Å². The zero-order valence-electron chi connectivity index (χ0n) is 17.1. The molecule has 0 unspecified atom stereocenters. The highest BCUT2D eigenvalue weighted by Gasteiger charge is 2.39. The molecular weight excluding hydrogens is 444 g/mol. The molecule has 0 aliphatic carbocycles. The van der Waals surface area contributed by atoms with Crippen LogP contribution in [0.4, 0.5) is 17.6 Å². The Bertz CT molecular complexity index is 1600. The first-order valence-corrected chi connectivity index (χ1v) is 9.61. The maximum Gasteiger partial charge on any atom is 0.435 e. The van der Waals surface area contributed by atoms with Crippen molar-refractivity contribution < 1.29 is 26.7 Å². The molecule has 0 bridgehead atoms. The second-order valence-corrected chi connectivity index (χ2v) is 7.25. The Balaban J connectivity index is 1.83. The number of methoxy groups -OCH3 is 1. The minimum atomic E-state index is -4.90. The van der Waals surface area contributed by atoms with E-state index in [-0.39, 0.29) is 28.4 Å². The third-order valence-corrected chi connectivity index (χ3v) is 5.17. The van der Waals surface area contributed by atoms with Crippen LogP contribution in [0.3, 0.4) is 0 Å². The topological polar surface area (TPSA) is 85.4 Å². The van der Waals surface area contributed by atoms with Crippen molar-refractivity contribution in [3.05, 3.63) is 70.0 Å². The fourth-order valence-corrected chi connectivity index (χ4v) is 3.75. The molecule has 5 rings (SSSR count). The van der Waals surface area contributed by atoms with Gasteiger partial charge in [0.1, 0.15) is 22.8 Å². The van der Waals surface area contributed by atoms with E-state index in [0.717, 1.165) is 12.1 Å². The second-order valence-electron chi connectivity index (χ2n) is 7.25. The number of fused-ring (bicyclic) bond motifs is 2. The first kappa shape index (κ1) is 20.7. The first-order valence-electron chi connectivity index (χ1n) is 9.61. The molecule has 3 heterocycles. The Morgan fingerprint density at radius 1 is 1.12 bits per heavy atom. The van der Waals surface area contributed by atoms with Crippen molar-refractivity contribution in [2.24, 2.45) is 0 Å². The number of oxazole rings is 1. The highest BCUT2D eigenvalue weighted by molar-refractivity contribution is 5.84. The molecule has 0 aliphatic heterocycles. The number of ether oxygens (including phenoxy) is 1. The van der Waals surface area contributed by atoms with Crippen LogP contribution in [0.15, 0.2) is 51.7 Å². The van der Waals surface area contributed by atoms with E-state index in [1.54, 1.807) is 18.2 Å². The number of H-pyrrole nitrogens is 1. The van der Waals surface area contributed by atoms with Crippen molar-refractivity contribution in [3.8, 4) is 28.3 Å². The maximum atomic E-state index is 13.8. The van der Waals surface area contributed by atoms with Crippen LogP contribution in [0.5, 0.6) is 5.75 Å². The van der Waals surface area contributed by atoms with Crippen molar-refractivity contribution in [1.29, 1.82) is 0 Å². The fourth-order valence-electron chi connectivity index (χ4n) is 3.75. The van der Waals surface area contributed by atoms with Crippen molar-refractivity contribution in [1.82, 2.24) is 19.6 Å². The molecule has 0 fully saturated rings. The van der Waals surface area contributed by atoms with E-state index in [1.165, 1.54) is 26.2 Å². The van der Waals surface area contributed by atoms with E-state index in [1.807, 2.05) is 0 Å². The number of nitrogens with zero attached hydrogens (tertiary/aromatic N) is 3. The van der Waals surface area contributed by atoms with E-state index in [2.05, 4.69) is 15.1 Å². The van der Waals surface area contributed by atoms with Crippen LogP contribution in [0.1, 0.15) is 11.4 Å². The third kappa shape index (κ3) is 3.23. The van der Waals surface area contributed by atoms with Gasteiger partial charge in [-0.1, -0.05) is 18.2 Å². The number of hydrogen-bond acceptors (Lipinski definition) is 5. The van der Waals surface area contributed by atoms with Crippen LogP contribution >= 0.6 is 0 Å². The average Bonchev–Trinajstić information content (AvgIpc) is 3.35. The Hall–Kier alpha value is -4.15. The number of benzene rings is 2. The number of para-hydroxylation sites is 1. The molecule has 0 aliphatic rings. The maximum absolute atomic E-state index is 13.8. The Kier molecular flexibility index (Phi) is 4.52. The molecule has 2 aromatic carbocycles. The van der Waals surface area contributed by atoms with Crippen LogP contribution in [0.2, 0.25) is 0 Å². The lowest BCUT2D eigenvalue weighted by atomic mass is 10.1. The average molecular weight is 458 g/mol. The van der Waals surface area contributed by atoms with Gasteiger partial charge in [0.05, 0.1) is 12.7 Å². The molecule has 0 amide bonds. The van der Waals surface area contributed by atoms with Gasteiger partial charge in [0.15, 0.2) is 16.8 Å². The van der Waals surface area contributed by atoms with Gasteiger partial charge in [-0.05, 0) is 36.8 Å². The van der Waals surface area contributed by atoms with Gasteiger partial charge >= 0.3 is 6.18 Å². The summed E-state index contributed by atoms with van der Waals surface area (Å²) in [7, 11) is 1.45.